The molecular weight excluding hydrogens is 222 g/mol. The average molecular weight is 234 g/mol. The van der Waals surface area contributed by atoms with Gasteiger partial charge in [0.05, 0.1) is 22.8 Å². The highest BCUT2D eigenvalue weighted by molar-refractivity contribution is 7.99. The third-order valence-corrected chi connectivity index (χ3v) is 2.80. The number of hydrogen-bond donors (Lipinski definition) is 1. The van der Waals surface area contributed by atoms with Crippen LogP contribution in [-0.4, -0.2) is 35.7 Å². The van der Waals surface area contributed by atoms with Crippen molar-refractivity contribution >= 4 is 23.4 Å². The van der Waals surface area contributed by atoms with Crippen LogP contribution in [0.3, 0.4) is 0 Å². The van der Waals surface area contributed by atoms with E-state index in [4.69, 9.17) is 16.3 Å². The Hall–Kier alpha value is -0.290. The van der Waals surface area contributed by atoms with E-state index in [9.17, 15) is 5.11 Å². The predicted molar refractivity (Wildman–Crippen MR) is 57.9 cm³/mol. The molecule has 1 unspecified atom stereocenters. The highest BCUT2D eigenvalue weighted by atomic mass is 35.5. The van der Waals surface area contributed by atoms with Crippen LogP contribution in [0.15, 0.2) is 23.4 Å². The zero-order valence-corrected chi connectivity index (χ0v) is 9.38. The van der Waals surface area contributed by atoms with E-state index in [1.54, 1.807) is 19.4 Å². The van der Waals surface area contributed by atoms with Crippen LogP contribution in [0.25, 0.3) is 0 Å². The second kappa shape index (κ2) is 6.24. The number of nitrogens with zero attached hydrogens (tertiary/aromatic N) is 1. The van der Waals surface area contributed by atoms with Gasteiger partial charge in [-0.2, -0.15) is 0 Å². The zero-order chi connectivity index (χ0) is 10.4. The van der Waals surface area contributed by atoms with Crippen LogP contribution in [-0.2, 0) is 4.74 Å². The lowest BCUT2D eigenvalue weighted by atomic mass is 10.4. The zero-order valence-electron chi connectivity index (χ0n) is 7.81. The summed E-state index contributed by atoms with van der Waals surface area (Å²) in [6.07, 6.45) is 1.13. The summed E-state index contributed by atoms with van der Waals surface area (Å²) in [6.45, 7) is 0.348. The van der Waals surface area contributed by atoms with Gasteiger partial charge in [0.2, 0.25) is 0 Å². The minimum absolute atomic E-state index is 0.348. The Morgan fingerprint density at radius 1 is 1.64 bits per heavy atom. The van der Waals surface area contributed by atoms with Gasteiger partial charge in [0.25, 0.3) is 0 Å². The van der Waals surface area contributed by atoms with Crippen molar-refractivity contribution in [1.82, 2.24) is 4.98 Å². The van der Waals surface area contributed by atoms with Crippen molar-refractivity contribution in [1.29, 1.82) is 0 Å². The number of thioether (sulfide) groups is 1. The molecule has 0 spiro atoms. The number of rotatable bonds is 5. The van der Waals surface area contributed by atoms with Crippen LogP contribution in [0.1, 0.15) is 0 Å². The van der Waals surface area contributed by atoms with Crippen molar-refractivity contribution in [3.63, 3.8) is 0 Å². The molecule has 0 amide bonds. The average Bonchev–Trinajstić information content (AvgIpc) is 2.17. The molecule has 1 rings (SSSR count). The summed E-state index contributed by atoms with van der Waals surface area (Å²) in [4.78, 5) is 4.09. The fourth-order valence-corrected chi connectivity index (χ4v) is 1.73. The first-order valence-electron chi connectivity index (χ1n) is 4.13. The quantitative estimate of drug-likeness (QED) is 0.788. The maximum Gasteiger partial charge on any atom is 0.0961 e. The van der Waals surface area contributed by atoms with Gasteiger partial charge in [-0.05, 0) is 12.1 Å². The van der Waals surface area contributed by atoms with Crippen molar-refractivity contribution in [3.05, 3.63) is 23.4 Å². The Kier molecular flexibility index (Phi) is 5.25. The smallest absolute Gasteiger partial charge is 0.0961 e. The van der Waals surface area contributed by atoms with Crippen molar-refractivity contribution in [2.24, 2.45) is 0 Å². The molecule has 1 atom stereocenters. The van der Waals surface area contributed by atoms with E-state index in [0.717, 1.165) is 5.03 Å². The van der Waals surface area contributed by atoms with E-state index in [1.807, 2.05) is 6.07 Å². The topological polar surface area (TPSA) is 42.4 Å². The molecule has 0 aliphatic heterocycles. The van der Waals surface area contributed by atoms with Gasteiger partial charge in [-0.1, -0.05) is 11.6 Å². The second-order valence-electron chi connectivity index (χ2n) is 2.73. The van der Waals surface area contributed by atoms with Gasteiger partial charge in [0.15, 0.2) is 0 Å². The normalized spacial score (nSPS) is 12.8. The van der Waals surface area contributed by atoms with Gasteiger partial charge < -0.3 is 9.84 Å². The van der Waals surface area contributed by atoms with Crippen LogP contribution >= 0.6 is 23.4 Å². The summed E-state index contributed by atoms with van der Waals surface area (Å²) in [5, 5.41) is 10.8. The van der Waals surface area contributed by atoms with Crippen LogP contribution in [0.2, 0.25) is 5.02 Å². The molecular formula is C9H12ClNO2S. The Labute approximate surface area is 92.4 Å². The molecule has 0 bridgehead atoms. The number of aliphatic hydroxyl groups excluding tert-OH is 1. The predicted octanol–water partition coefficient (Wildman–Crippen LogP) is 1.83. The van der Waals surface area contributed by atoms with Gasteiger partial charge in [0.1, 0.15) is 0 Å². The number of halogens is 1. The van der Waals surface area contributed by atoms with Gasteiger partial charge in [-0.25, -0.2) is 4.98 Å². The molecule has 78 valence electrons. The maximum atomic E-state index is 9.37. The van der Waals surface area contributed by atoms with Crippen LogP contribution in [0.4, 0.5) is 0 Å². The van der Waals surface area contributed by atoms with Crippen molar-refractivity contribution in [2.75, 3.05) is 19.5 Å². The third-order valence-electron chi connectivity index (χ3n) is 1.48. The molecule has 0 aliphatic rings. The first-order chi connectivity index (χ1) is 6.72. The molecule has 1 heterocycles. The molecule has 0 saturated heterocycles. The minimum Gasteiger partial charge on any atom is -0.390 e. The molecule has 1 aromatic rings. The van der Waals surface area contributed by atoms with Crippen molar-refractivity contribution < 1.29 is 9.84 Å². The summed E-state index contributed by atoms with van der Waals surface area (Å²) < 4.78 is 4.81. The largest absolute Gasteiger partial charge is 0.390 e. The second-order valence-corrected chi connectivity index (χ2v) is 4.21. The first kappa shape index (κ1) is 11.8. The van der Waals surface area contributed by atoms with Crippen molar-refractivity contribution in [3.8, 4) is 0 Å². The molecule has 1 aromatic heterocycles. The highest BCUT2D eigenvalue weighted by Crippen LogP contribution is 2.17. The van der Waals surface area contributed by atoms with E-state index in [-0.39, 0.29) is 0 Å². The number of aromatic nitrogens is 1. The van der Waals surface area contributed by atoms with Gasteiger partial charge >= 0.3 is 0 Å². The SMILES string of the molecule is COCC(O)CSc1ccc(Cl)cn1. The fraction of sp³-hybridized carbons (Fsp3) is 0.444. The number of methoxy groups -OCH3 is 1. The van der Waals surface area contributed by atoms with Crippen molar-refractivity contribution in [2.45, 2.75) is 11.1 Å². The lowest BCUT2D eigenvalue weighted by Crippen LogP contribution is -2.16. The van der Waals surface area contributed by atoms with E-state index in [2.05, 4.69) is 4.98 Å². The Morgan fingerprint density at radius 3 is 3.00 bits per heavy atom. The molecule has 0 aromatic carbocycles. The maximum absolute atomic E-state index is 9.37. The molecule has 0 radical (unpaired) electrons. The van der Waals surface area contributed by atoms with E-state index in [0.29, 0.717) is 17.4 Å². The standard InChI is InChI=1S/C9H12ClNO2S/c1-13-5-8(12)6-14-9-3-2-7(10)4-11-9/h2-4,8,12H,5-6H2,1H3. The number of aliphatic hydroxyl groups is 1. The lowest BCUT2D eigenvalue weighted by molar-refractivity contribution is 0.0794. The van der Waals surface area contributed by atoms with E-state index >= 15 is 0 Å². The fourth-order valence-electron chi connectivity index (χ4n) is 0.870. The van der Waals surface area contributed by atoms with Crippen LogP contribution in [0.5, 0.6) is 0 Å². The summed E-state index contributed by atoms with van der Waals surface area (Å²) in [6, 6.07) is 3.60. The Morgan fingerprint density at radius 2 is 2.43 bits per heavy atom. The number of pyridine rings is 1. The molecule has 1 N–H and O–H groups in total. The molecule has 0 fully saturated rings. The van der Waals surface area contributed by atoms with E-state index < -0.39 is 6.10 Å². The molecule has 0 aliphatic carbocycles. The lowest BCUT2D eigenvalue weighted by Gasteiger charge is -2.07. The Balaban J connectivity index is 2.34. The van der Waals surface area contributed by atoms with Gasteiger partial charge in [0, 0.05) is 19.1 Å². The van der Waals surface area contributed by atoms with Crippen LogP contribution < -0.4 is 0 Å². The van der Waals surface area contributed by atoms with Gasteiger partial charge in [-0.3, -0.25) is 0 Å². The summed E-state index contributed by atoms with van der Waals surface area (Å²) >= 11 is 7.16. The third kappa shape index (κ3) is 4.28. The number of ether oxygens (including phenoxy) is 1. The number of hydrogen-bond acceptors (Lipinski definition) is 4. The minimum atomic E-state index is -0.456. The first-order valence-corrected chi connectivity index (χ1v) is 5.50. The highest BCUT2D eigenvalue weighted by Gasteiger charge is 2.04. The van der Waals surface area contributed by atoms with Gasteiger partial charge in [-0.15, -0.1) is 11.8 Å². The molecule has 5 heteroatoms. The molecule has 3 nitrogen and oxygen atoms in total. The van der Waals surface area contributed by atoms with Crippen LogP contribution in [0, 0.1) is 0 Å². The summed E-state index contributed by atoms with van der Waals surface area (Å²) in [5.74, 6) is 0.572. The summed E-state index contributed by atoms with van der Waals surface area (Å²) in [7, 11) is 1.56. The monoisotopic (exact) mass is 233 g/mol. The van der Waals surface area contributed by atoms with E-state index in [1.165, 1.54) is 11.8 Å². The molecule has 14 heavy (non-hydrogen) atoms. The Bertz CT molecular complexity index is 268. The molecule has 0 saturated carbocycles. The summed E-state index contributed by atoms with van der Waals surface area (Å²) in [5.41, 5.74) is 0.